The van der Waals surface area contributed by atoms with Crippen molar-refractivity contribution in [3.63, 3.8) is 0 Å². The fourth-order valence-electron chi connectivity index (χ4n) is 1.09. The van der Waals surface area contributed by atoms with Gasteiger partial charge in [-0.25, -0.2) is 4.98 Å². The Morgan fingerprint density at radius 2 is 2.12 bits per heavy atom. The highest BCUT2D eigenvalue weighted by Crippen LogP contribution is 2.24. The Balaban J connectivity index is 2.57. The van der Waals surface area contributed by atoms with Gasteiger partial charge in [-0.1, -0.05) is 39.3 Å². The first-order chi connectivity index (χ1) is 7.80. The number of carbonyl (C=O) groups is 1. The molecular weight excluding hydrogens is 238 g/mol. The summed E-state index contributed by atoms with van der Waals surface area (Å²) in [6, 6.07) is 0. The zero-order chi connectivity index (χ0) is 13.1. The minimum Gasteiger partial charge on any atom is -0.350 e. The lowest BCUT2D eigenvalue weighted by Gasteiger charge is -2.27. The van der Waals surface area contributed by atoms with E-state index in [4.69, 9.17) is 11.6 Å². The number of nitrogens with one attached hydrogen (secondary N) is 1. The highest BCUT2D eigenvalue weighted by molar-refractivity contribution is 6.29. The lowest BCUT2D eigenvalue weighted by Crippen LogP contribution is -2.34. The molecule has 0 aliphatic rings. The Bertz CT molecular complexity index is 401. The molecule has 0 saturated carbocycles. The number of hydrogen-bond acceptors (Lipinski definition) is 3. The second-order valence-electron chi connectivity index (χ2n) is 5.20. The third kappa shape index (κ3) is 4.30. The molecule has 0 radical (unpaired) electrons. The van der Waals surface area contributed by atoms with Crippen LogP contribution >= 0.6 is 11.6 Å². The zero-order valence-electron chi connectivity index (χ0n) is 10.6. The lowest BCUT2D eigenvalue weighted by atomic mass is 9.82. The molecule has 1 heterocycles. The number of hydrogen-bond donors (Lipinski definition) is 1. The van der Waals surface area contributed by atoms with Gasteiger partial charge in [0.15, 0.2) is 0 Å². The van der Waals surface area contributed by atoms with Crippen LogP contribution in [-0.2, 0) is 0 Å². The predicted octanol–water partition coefficient (Wildman–Crippen LogP) is 2.54. The summed E-state index contributed by atoms with van der Waals surface area (Å²) in [5.74, 6) is 0.134. The Morgan fingerprint density at radius 1 is 1.47 bits per heavy atom. The molecule has 4 nitrogen and oxygen atoms in total. The highest BCUT2D eigenvalue weighted by atomic mass is 35.5. The maximum absolute atomic E-state index is 11.8. The topological polar surface area (TPSA) is 54.9 Å². The minimum absolute atomic E-state index is 0.160. The first kappa shape index (κ1) is 13.9. The van der Waals surface area contributed by atoms with Crippen LogP contribution in [0.4, 0.5) is 0 Å². The van der Waals surface area contributed by atoms with Gasteiger partial charge in [0.25, 0.3) is 5.91 Å². The summed E-state index contributed by atoms with van der Waals surface area (Å²) in [7, 11) is 0. The predicted molar refractivity (Wildman–Crippen MR) is 68.0 cm³/mol. The first-order valence-electron chi connectivity index (χ1n) is 5.56. The van der Waals surface area contributed by atoms with Crippen molar-refractivity contribution in [2.75, 3.05) is 6.54 Å². The summed E-state index contributed by atoms with van der Waals surface area (Å²) < 4.78 is 0. The SMILES string of the molecule is CC(CNC(=O)c1cncc(Cl)n1)C(C)(C)C. The molecule has 1 aromatic rings. The van der Waals surface area contributed by atoms with Gasteiger partial charge in [0.1, 0.15) is 10.8 Å². The molecule has 0 spiro atoms. The second-order valence-corrected chi connectivity index (χ2v) is 5.59. The van der Waals surface area contributed by atoms with Gasteiger partial charge < -0.3 is 5.32 Å². The fraction of sp³-hybridized carbons (Fsp3) is 0.583. The van der Waals surface area contributed by atoms with Crippen molar-refractivity contribution in [3.05, 3.63) is 23.2 Å². The monoisotopic (exact) mass is 255 g/mol. The maximum atomic E-state index is 11.8. The van der Waals surface area contributed by atoms with E-state index in [1.165, 1.54) is 12.4 Å². The number of halogens is 1. The highest BCUT2D eigenvalue weighted by Gasteiger charge is 2.20. The number of carbonyl (C=O) groups excluding carboxylic acids is 1. The van der Waals surface area contributed by atoms with Crippen molar-refractivity contribution in [1.29, 1.82) is 0 Å². The molecule has 1 rings (SSSR count). The summed E-state index contributed by atoms with van der Waals surface area (Å²) in [5.41, 5.74) is 0.409. The molecule has 5 heteroatoms. The van der Waals surface area contributed by atoms with Crippen LogP contribution in [0.25, 0.3) is 0 Å². The third-order valence-electron chi connectivity index (χ3n) is 2.88. The van der Waals surface area contributed by atoms with Crippen molar-refractivity contribution >= 4 is 17.5 Å². The maximum Gasteiger partial charge on any atom is 0.271 e. The van der Waals surface area contributed by atoms with E-state index in [-0.39, 0.29) is 22.2 Å². The standard InChI is InChI=1S/C12H18ClN3O/c1-8(12(2,3)4)5-15-11(17)9-6-14-7-10(13)16-9/h6-8H,5H2,1-4H3,(H,15,17). The van der Waals surface area contributed by atoms with Gasteiger partial charge in [0.05, 0.1) is 12.4 Å². The van der Waals surface area contributed by atoms with E-state index in [9.17, 15) is 4.79 Å². The third-order valence-corrected chi connectivity index (χ3v) is 3.07. The van der Waals surface area contributed by atoms with Crippen molar-refractivity contribution in [3.8, 4) is 0 Å². The van der Waals surface area contributed by atoms with Gasteiger partial charge in [-0.05, 0) is 11.3 Å². The lowest BCUT2D eigenvalue weighted by molar-refractivity contribution is 0.0931. The van der Waals surface area contributed by atoms with Crippen molar-refractivity contribution in [2.45, 2.75) is 27.7 Å². The van der Waals surface area contributed by atoms with E-state index >= 15 is 0 Å². The summed E-state index contributed by atoms with van der Waals surface area (Å²) in [6.07, 6.45) is 2.80. The van der Waals surface area contributed by atoms with Crippen LogP contribution < -0.4 is 5.32 Å². The van der Waals surface area contributed by atoms with Gasteiger partial charge >= 0.3 is 0 Å². The van der Waals surface area contributed by atoms with Gasteiger partial charge in [-0.15, -0.1) is 0 Å². The molecular formula is C12H18ClN3O. The van der Waals surface area contributed by atoms with Gasteiger partial charge in [0, 0.05) is 6.54 Å². The molecule has 0 saturated heterocycles. The number of rotatable bonds is 3. The van der Waals surface area contributed by atoms with Gasteiger partial charge in [-0.2, -0.15) is 0 Å². The molecule has 0 aliphatic heterocycles. The van der Waals surface area contributed by atoms with Crippen molar-refractivity contribution in [1.82, 2.24) is 15.3 Å². The van der Waals surface area contributed by atoms with Crippen LogP contribution in [0.3, 0.4) is 0 Å². The van der Waals surface area contributed by atoms with Crippen LogP contribution in [0.1, 0.15) is 38.2 Å². The van der Waals surface area contributed by atoms with Gasteiger partial charge in [0.2, 0.25) is 0 Å². The van der Waals surface area contributed by atoms with Crippen LogP contribution in [-0.4, -0.2) is 22.4 Å². The summed E-state index contributed by atoms with van der Waals surface area (Å²) in [5, 5.41) is 3.06. The van der Waals surface area contributed by atoms with E-state index in [0.717, 1.165) is 0 Å². The first-order valence-corrected chi connectivity index (χ1v) is 5.94. The molecule has 17 heavy (non-hydrogen) atoms. The average molecular weight is 256 g/mol. The molecule has 1 N–H and O–H groups in total. The Kier molecular flexibility index (Phi) is 4.46. The van der Waals surface area contributed by atoms with E-state index < -0.39 is 0 Å². The van der Waals surface area contributed by atoms with Crippen LogP contribution in [0, 0.1) is 11.3 Å². The Morgan fingerprint density at radius 3 is 2.65 bits per heavy atom. The molecule has 1 unspecified atom stereocenters. The van der Waals surface area contributed by atoms with Crippen LogP contribution in [0.15, 0.2) is 12.4 Å². The molecule has 0 aromatic carbocycles. The van der Waals surface area contributed by atoms with E-state index in [2.05, 4.69) is 43.0 Å². The molecule has 0 fully saturated rings. The smallest absolute Gasteiger partial charge is 0.271 e. The molecule has 1 amide bonds. The van der Waals surface area contributed by atoms with Crippen LogP contribution in [0.5, 0.6) is 0 Å². The number of aromatic nitrogens is 2. The summed E-state index contributed by atoms with van der Waals surface area (Å²) >= 11 is 5.67. The Labute approximate surface area is 107 Å². The van der Waals surface area contributed by atoms with E-state index in [1.54, 1.807) is 0 Å². The molecule has 1 aromatic heterocycles. The largest absolute Gasteiger partial charge is 0.350 e. The normalized spacial score (nSPS) is 13.2. The molecule has 1 atom stereocenters. The number of amides is 1. The molecule has 0 aliphatic carbocycles. The molecule has 94 valence electrons. The van der Waals surface area contributed by atoms with Crippen molar-refractivity contribution in [2.24, 2.45) is 11.3 Å². The number of nitrogens with zero attached hydrogens (tertiary/aromatic N) is 2. The average Bonchev–Trinajstić information content (AvgIpc) is 2.24. The fourth-order valence-corrected chi connectivity index (χ4v) is 1.24. The minimum atomic E-state index is -0.240. The van der Waals surface area contributed by atoms with Crippen LogP contribution in [0.2, 0.25) is 5.15 Å². The summed E-state index contributed by atoms with van der Waals surface area (Å²) in [4.78, 5) is 19.5. The second kappa shape index (κ2) is 5.45. The molecule has 0 bridgehead atoms. The van der Waals surface area contributed by atoms with E-state index in [1.807, 2.05) is 0 Å². The van der Waals surface area contributed by atoms with Crippen molar-refractivity contribution < 1.29 is 4.79 Å². The Hall–Kier alpha value is -1.16. The summed E-state index contributed by atoms with van der Waals surface area (Å²) in [6.45, 7) is 9.13. The quantitative estimate of drug-likeness (QED) is 0.903. The van der Waals surface area contributed by atoms with E-state index in [0.29, 0.717) is 12.5 Å². The zero-order valence-corrected chi connectivity index (χ0v) is 11.4. The van der Waals surface area contributed by atoms with Gasteiger partial charge in [-0.3, -0.25) is 9.78 Å².